The summed E-state index contributed by atoms with van der Waals surface area (Å²) in [5.41, 5.74) is 1.27. The van der Waals surface area contributed by atoms with E-state index in [1.54, 1.807) is 18.2 Å². The lowest BCUT2D eigenvalue weighted by Gasteiger charge is -2.07. The Bertz CT molecular complexity index is 853. The maximum Gasteiger partial charge on any atom is 0.259 e. The third kappa shape index (κ3) is 4.86. The third-order valence-electron chi connectivity index (χ3n) is 3.82. The van der Waals surface area contributed by atoms with Gasteiger partial charge in [-0.15, -0.1) is 10.2 Å². The molecule has 2 N–H and O–H groups in total. The van der Waals surface area contributed by atoms with Gasteiger partial charge in [-0.05, 0) is 42.7 Å². The Hall–Kier alpha value is -3.28. The average molecular weight is 350 g/mol. The van der Waals surface area contributed by atoms with Crippen molar-refractivity contribution in [2.24, 2.45) is 0 Å². The first-order chi connectivity index (χ1) is 12.7. The molecule has 0 aliphatic rings. The van der Waals surface area contributed by atoms with Gasteiger partial charge in [0.15, 0.2) is 5.82 Å². The summed E-state index contributed by atoms with van der Waals surface area (Å²) >= 11 is 0. The largest absolute Gasteiger partial charge is 0.369 e. The minimum absolute atomic E-state index is 0.0302. The Balaban J connectivity index is 1.47. The van der Waals surface area contributed by atoms with E-state index in [2.05, 4.69) is 33.0 Å². The number of amides is 1. The number of aromatic nitrogens is 2. The molecule has 0 bridgehead atoms. The highest BCUT2D eigenvalue weighted by atomic mass is 19.1. The Morgan fingerprint density at radius 2 is 1.58 bits per heavy atom. The number of carbonyl (C=O) groups excluding carboxylic acids is 1. The van der Waals surface area contributed by atoms with Crippen LogP contribution < -0.4 is 10.6 Å². The van der Waals surface area contributed by atoms with Crippen LogP contribution in [-0.2, 0) is 6.42 Å². The number of carbonyl (C=O) groups is 1. The molecule has 2 aromatic carbocycles. The van der Waals surface area contributed by atoms with Crippen molar-refractivity contribution >= 4 is 17.5 Å². The third-order valence-corrected chi connectivity index (χ3v) is 3.82. The van der Waals surface area contributed by atoms with Gasteiger partial charge in [0.25, 0.3) is 5.91 Å². The van der Waals surface area contributed by atoms with Gasteiger partial charge in [0.2, 0.25) is 0 Å². The highest BCUT2D eigenvalue weighted by molar-refractivity contribution is 6.03. The predicted molar refractivity (Wildman–Crippen MR) is 99.6 cm³/mol. The van der Waals surface area contributed by atoms with E-state index in [9.17, 15) is 9.18 Å². The molecule has 3 aromatic rings. The number of aryl methyl sites for hydroxylation is 1. The van der Waals surface area contributed by atoms with Gasteiger partial charge in [-0.25, -0.2) is 4.39 Å². The predicted octanol–water partition coefficient (Wildman–Crippen LogP) is 3.91. The lowest BCUT2D eigenvalue weighted by atomic mass is 10.1. The van der Waals surface area contributed by atoms with Crippen molar-refractivity contribution in [1.82, 2.24) is 10.2 Å². The molecule has 132 valence electrons. The molecule has 6 heteroatoms. The summed E-state index contributed by atoms with van der Waals surface area (Å²) in [6, 6.07) is 19.4. The zero-order chi connectivity index (χ0) is 18.2. The summed E-state index contributed by atoms with van der Waals surface area (Å²) in [6.45, 7) is 0.768. The van der Waals surface area contributed by atoms with E-state index in [1.165, 1.54) is 23.8 Å². The van der Waals surface area contributed by atoms with Gasteiger partial charge < -0.3 is 10.6 Å². The second-order valence-electron chi connectivity index (χ2n) is 5.75. The van der Waals surface area contributed by atoms with Crippen molar-refractivity contribution in [3.63, 3.8) is 0 Å². The van der Waals surface area contributed by atoms with Gasteiger partial charge in [0.05, 0.1) is 5.56 Å². The number of anilines is 2. The molecule has 3 rings (SSSR count). The van der Waals surface area contributed by atoms with Crippen LogP contribution in [0.2, 0.25) is 0 Å². The van der Waals surface area contributed by atoms with Crippen LogP contribution in [0, 0.1) is 5.82 Å². The molecule has 0 fully saturated rings. The maximum absolute atomic E-state index is 13.6. The number of benzene rings is 2. The molecule has 1 aromatic heterocycles. The van der Waals surface area contributed by atoms with E-state index in [-0.39, 0.29) is 11.4 Å². The molecule has 0 saturated carbocycles. The number of hydrogen-bond acceptors (Lipinski definition) is 4. The molecular weight excluding hydrogens is 331 g/mol. The molecule has 1 amide bonds. The summed E-state index contributed by atoms with van der Waals surface area (Å²) < 4.78 is 13.6. The Morgan fingerprint density at radius 1 is 0.885 bits per heavy atom. The van der Waals surface area contributed by atoms with Crippen molar-refractivity contribution in [2.45, 2.75) is 12.8 Å². The van der Waals surface area contributed by atoms with Crippen LogP contribution in [0.3, 0.4) is 0 Å². The summed E-state index contributed by atoms with van der Waals surface area (Å²) in [5.74, 6) is -0.231. The summed E-state index contributed by atoms with van der Waals surface area (Å²) in [5, 5.41) is 13.7. The van der Waals surface area contributed by atoms with Gasteiger partial charge in [0.1, 0.15) is 11.6 Å². The number of halogens is 1. The summed E-state index contributed by atoms with van der Waals surface area (Å²) in [4.78, 5) is 12.0. The molecule has 0 atom stereocenters. The fourth-order valence-corrected chi connectivity index (χ4v) is 2.48. The number of rotatable bonds is 7. The smallest absolute Gasteiger partial charge is 0.259 e. The van der Waals surface area contributed by atoms with E-state index in [1.807, 2.05) is 18.2 Å². The van der Waals surface area contributed by atoms with Crippen molar-refractivity contribution < 1.29 is 9.18 Å². The monoisotopic (exact) mass is 350 g/mol. The van der Waals surface area contributed by atoms with E-state index < -0.39 is 11.7 Å². The first kappa shape index (κ1) is 17.5. The van der Waals surface area contributed by atoms with Crippen molar-refractivity contribution in [2.75, 3.05) is 17.2 Å². The highest BCUT2D eigenvalue weighted by Crippen LogP contribution is 2.11. The van der Waals surface area contributed by atoms with Crippen LogP contribution in [0.1, 0.15) is 22.3 Å². The quantitative estimate of drug-likeness (QED) is 0.634. The lowest BCUT2D eigenvalue weighted by molar-refractivity contribution is 0.102. The molecular formula is C20H19FN4O. The Labute approximate surface area is 151 Å². The topological polar surface area (TPSA) is 66.9 Å². The SMILES string of the molecule is O=C(Nc1ccc(NCCCc2ccccc2)nn1)c1ccccc1F. The summed E-state index contributed by atoms with van der Waals surface area (Å²) in [6.07, 6.45) is 1.95. The number of hydrogen-bond donors (Lipinski definition) is 2. The molecule has 0 saturated heterocycles. The number of nitrogens with one attached hydrogen (secondary N) is 2. The molecule has 0 unspecified atom stereocenters. The van der Waals surface area contributed by atoms with Gasteiger partial charge in [0, 0.05) is 6.54 Å². The molecule has 0 aliphatic carbocycles. The van der Waals surface area contributed by atoms with E-state index in [0.29, 0.717) is 5.82 Å². The lowest BCUT2D eigenvalue weighted by Crippen LogP contribution is -2.15. The van der Waals surface area contributed by atoms with Gasteiger partial charge in [-0.3, -0.25) is 4.79 Å². The van der Waals surface area contributed by atoms with Crippen LogP contribution in [0.15, 0.2) is 66.7 Å². The summed E-state index contributed by atoms with van der Waals surface area (Å²) in [7, 11) is 0. The molecule has 5 nitrogen and oxygen atoms in total. The van der Waals surface area contributed by atoms with E-state index in [4.69, 9.17) is 0 Å². The standard InChI is InChI=1S/C20H19FN4O/c21-17-11-5-4-10-16(17)20(26)23-19-13-12-18(24-25-19)22-14-6-9-15-7-2-1-3-8-15/h1-5,7-8,10-13H,6,9,14H2,(H,22,24)(H,23,25,26). The zero-order valence-electron chi connectivity index (χ0n) is 14.2. The van der Waals surface area contributed by atoms with Crippen LogP contribution in [0.25, 0.3) is 0 Å². The van der Waals surface area contributed by atoms with Crippen molar-refractivity contribution in [3.8, 4) is 0 Å². The molecule has 1 heterocycles. The van der Waals surface area contributed by atoms with Crippen molar-refractivity contribution in [1.29, 1.82) is 0 Å². The van der Waals surface area contributed by atoms with Crippen LogP contribution >= 0.6 is 0 Å². The zero-order valence-corrected chi connectivity index (χ0v) is 14.2. The second-order valence-corrected chi connectivity index (χ2v) is 5.75. The highest BCUT2D eigenvalue weighted by Gasteiger charge is 2.11. The number of nitrogens with zero attached hydrogens (tertiary/aromatic N) is 2. The molecule has 26 heavy (non-hydrogen) atoms. The first-order valence-corrected chi connectivity index (χ1v) is 8.40. The normalized spacial score (nSPS) is 10.3. The van der Waals surface area contributed by atoms with E-state index >= 15 is 0 Å². The van der Waals surface area contributed by atoms with Gasteiger partial charge >= 0.3 is 0 Å². The first-order valence-electron chi connectivity index (χ1n) is 8.40. The maximum atomic E-state index is 13.6. The fraction of sp³-hybridized carbons (Fsp3) is 0.150. The van der Waals surface area contributed by atoms with Gasteiger partial charge in [-0.1, -0.05) is 42.5 Å². The van der Waals surface area contributed by atoms with Crippen molar-refractivity contribution in [3.05, 3.63) is 83.7 Å². The molecule has 0 aliphatic heterocycles. The van der Waals surface area contributed by atoms with Crippen LogP contribution in [0.5, 0.6) is 0 Å². The van der Waals surface area contributed by atoms with E-state index in [0.717, 1.165) is 19.4 Å². The second kappa shape index (κ2) is 8.71. The van der Waals surface area contributed by atoms with Crippen LogP contribution in [-0.4, -0.2) is 22.6 Å². The Kier molecular flexibility index (Phi) is 5.88. The molecule has 0 spiro atoms. The fourth-order valence-electron chi connectivity index (χ4n) is 2.48. The van der Waals surface area contributed by atoms with Crippen LogP contribution in [0.4, 0.5) is 16.0 Å². The average Bonchev–Trinajstić information content (AvgIpc) is 2.67. The molecule has 0 radical (unpaired) electrons. The minimum Gasteiger partial charge on any atom is -0.369 e. The Morgan fingerprint density at radius 3 is 2.31 bits per heavy atom. The minimum atomic E-state index is -0.574. The van der Waals surface area contributed by atoms with Gasteiger partial charge in [-0.2, -0.15) is 0 Å².